The number of hydrogen-bond donors (Lipinski definition) is 1. The van der Waals surface area contributed by atoms with E-state index >= 15 is 0 Å². The zero-order valence-electron chi connectivity index (χ0n) is 6.92. The van der Waals surface area contributed by atoms with Gasteiger partial charge in [-0.3, -0.25) is 0 Å². The van der Waals surface area contributed by atoms with E-state index in [0.717, 1.165) is 26.1 Å². The summed E-state index contributed by atoms with van der Waals surface area (Å²) >= 11 is 0. The first-order valence-corrected chi connectivity index (χ1v) is 4.09. The summed E-state index contributed by atoms with van der Waals surface area (Å²) in [5.41, 5.74) is 0. The third-order valence-corrected chi connectivity index (χ3v) is 2.08. The van der Waals surface area contributed by atoms with Gasteiger partial charge < -0.3 is 10.2 Å². The highest BCUT2D eigenvalue weighted by Crippen LogP contribution is 2.01. The predicted molar refractivity (Wildman–Crippen MR) is 48.4 cm³/mol. The van der Waals surface area contributed by atoms with Crippen LogP contribution in [0.25, 0.3) is 0 Å². The molecule has 1 rings (SSSR count). The molecule has 0 spiro atoms. The SMILES string of the molecule is C=C[C@@H]1CCN(C=C)CCN1. The summed E-state index contributed by atoms with van der Waals surface area (Å²) in [6.07, 6.45) is 5.02. The van der Waals surface area contributed by atoms with E-state index in [-0.39, 0.29) is 0 Å². The minimum Gasteiger partial charge on any atom is -0.377 e. The van der Waals surface area contributed by atoms with E-state index in [1.165, 1.54) is 0 Å². The molecule has 0 saturated carbocycles. The van der Waals surface area contributed by atoms with E-state index in [4.69, 9.17) is 0 Å². The average molecular weight is 152 g/mol. The molecule has 1 fully saturated rings. The molecule has 2 heteroatoms. The van der Waals surface area contributed by atoms with Crippen molar-refractivity contribution in [2.45, 2.75) is 12.5 Å². The van der Waals surface area contributed by atoms with Gasteiger partial charge in [-0.05, 0) is 12.6 Å². The lowest BCUT2D eigenvalue weighted by Crippen LogP contribution is -2.27. The van der Waals surface area contributed by atoms with E-state index in [1.807, 2.05) is 12.3 Å². The maximum absolute atomic E-state index is 3.77. The third-order valence-electron chi connectivity index (χ3n) is 2.08. The topological polar surface area (TPSA) is 15.3 Å². The van der Waals surface area contributed by atoms with Crippen LogP contribution in [0.5, 0.6) is 0 Å². The van der Waals surface area contributed by atoms with Crippen molar-refractivity contribution in [2.75, 3.05) is 19.6 Å². The van der Waals surface area contributed by atoms with Crippen molar-refractivity contribution in [1.29, 1.82) is 0 Å². The minimum absolute atomic E-state index is 0.486. The summed E-state index contributed by atoms with van der Waals surface area (Å²) in [7, 11) is 0. The molecule has 1 aliphatic rings. The van der Waals surface area contributed by atoms with Crippen molar-refractivity contribution in [1.82, 2.24) is 10.2 Å². The molecule has 1 saturated heterocycles. The Bertz CT molecular complexity index is 126. The zero-order valence-corrected chi connectivity index (χ0v) is 6.92. The number of nitrogens with one attached hydrogen (secondary N) is 1. The van der Waals surface area contributed by atoms with Gasteiger partial charge in [0.05, 0.1) is 0 Å². The second-order valence-corrected chi connectivity index (χ2v) is 2.80. The molecule has 0 aromatic carbocycles. The Kier molecular flexibility index (Phi) is 3.17. The van der Waals surface area contributed by atoms with E-state index in [2.05, 4.69) is 23.4 Å². The summed E-state index contributed by atoms with van der Waals surface area (Å²) in [6.45, 7) is 10.7. The largest absolute Gasteiger partial charge is 0.377 e. The van der Waals surface area contributed by atoms with Crippen molar-refractivity contribution >= 4 is 0 Å². The van der Waals surface area contributed by atoms with Crippen molar-refractivity contribution in [2.24, 2.45) is 0 Å². The Balaban J connectivity index is 2.38. The quantitative estimate of drug-likeness (QED) is 0.593. The lowest BCUT2D eigenvalue weighted by Gasteiger charge is -2.15. The van der Waals surface area contributed by atoms with Gasteiger partial charge in [-0.1, -0.05) is 12.7 Å². The Morgan fingerprint density at radius 3 is 2.82 bits per heavy atom. The van der Waals surface area contributed by atoms with Crippen molar-refractivity contribution in [3.8, 4) is 0 Å². The van der Waals surface area contributed by atoms with Crippen molar-refractivity contribution in [3.05, 3.63) is 25.4 Å². The standard InChI is InChI=1S/C9H16N2/c1-3-9-5-7-11(4-2)8-6-10-9/h3-4,9-10H,1-2,5-8H2/t9-/m1/s1. The Morgan fingerprint density at radius 2 is 2.18 bits per heavy atom. The first kappa shape index (κ1) is 8.34. The highest BCUT2D eigenvalue weighted by molar-refractivity contribution is 4.89. The molecule has 0 unspecified atom stereocenters. The highest BCUT2D eigenvalue weighted by Gasteiger charge is 2.09. The molecule has 0 radical (unpaired) electrons. The Labute approximate surface area is 68.6 Å². The lowest BCUT2D eigenvalue weighted by molar-refractivity contribution is 0.401. The summed E-state index contributed by atoms with van der Waals surface area (Å²) < 4.78 is 0. The highest BCUT2D eigenvalue weighted by atomic mass is 15.1. The maximum Gasteiger partial charge on any atom is 0.0297 e. The van der Waals surface area contributed by atoms with Crippen molar-refractivity contribution < 1.29 is 0 Å². The number of hydrogen-bond acceptors (Lipinski definition) is 2. The second kappa shape index (κ2) is 4.19. The van der Waals surface area contributed by atoms with Gasteiger partial charge in [-0.25, -0.2) is 0 Å². The van der Waals surface area contributed by atoms with Gasteiger partial charge in [0.15, 0.2) is 0 Å². The van der Waals surface area contributed by atoms with Gasteiger partial charge in [0, 0.05) is 25.7 Å². The van der Waals surface area contributed by atoms with Gasteiger partial charge in [0.1, 0.15) is 0 Å². The third kappa shape index (κ3) is 2.39. The fourth-order valence-corrected chi connectivity index (χ4v) is 1.30. The number of rotatable bonds is 2. The van der Waals surface area contributed by atoms with Crippen LogP contribution >= 0.6 is 0 Å². The molecule has 0 aromatic heterocycles. The van der Waals surface area contributed by atoms with Crippen LogP contribution in [-0.2, 0) is 0 Å². The number of nitrogens with zero attached hydrogens (tertiary/aromatic N) is 1. The molecule has 11 heavy (non-hydrogen) atoms. The molecule has 62 valence electrons. The molecule has 0 aliphatic carbocycles. The van der Waals surface area contributed by atoms with Crippen LogP contribution < -0.4 is 5.32 Å². The molecule has 0 bridgehead atoms. The Morgan fingerprint density at radius 1 is 1.36 bits per heavy atom. The first-order chi connectivity index (χ1) is 5.36. The smallest absolute Gasteiger partial charge is 0.0297 e. The van der Waals surface area contributed by atoms with Gasteiger partial charge in [0.2, 0.25) is 0 Å². The molecular weight excluding hydrogens is 136 g/mol. The molecule has 1 aliphatic heterocycles. The van der Waals surface area contributed by atoms with E-state index < -0.39 is 0 Å². The monoisotopic (exact) mass is 152 g/mol. The van der Waals surface area contributed by atoms with Crippen molar-refractivity contribution in [3.63, 3.8) is 0 Å². The molecule has 1 atom stereocenters. The van der Waals surface area contributed by atoms with E-state index in [1.54, 1.807) is 0 Å². The minimum atomic E-state index is 0.486. The molecule has 2 nitrogen and oxygen atoms in total. The summed E-state index contributed by atoms with van der Waals surface area (Å²) in [5.74, 6) is 0. The predicted octanol–water partition coefficient (Wildman–Crippen LogP) is 0.980. The van der Waals surface area contributed by atoms with Crippen LogP contribution in [0.4, 0.5) is 0 Å². The summed E-state index contributed by atoms with van der Waals surface area (Å²) in [5, 5.41) is 3.39. The van der Waals surface area contributed by atoms with Crippen LogP contribution in [0.15, 0.2) is 25.4 Å². The van der Waals surface area contributed by atoms with E-state index in [0.29, 0.717) is 6.04 Å². The molecule has 1 heterocycles. The van der Waals surface area contributed by atoms with Crippen LogP contribution in [-0.4, -0.2) is 30.6 Å². The summed E-state index contributed by atoms with van der Waals surface area (Å²) in [4.78, 5) is 2.23. The second-order valence-electron chi connectivity index (χ2n) is 2.80. The fraction of sp³-hybridized carbons (Fsp3) is 0.556. The van der Waals surface area contributed by atoms with Gasteiger partial charge >= 0.3 is 0 Å². The summed E-state index contributed by atoms with van der Waals surface area (Å²) in [6, 6.07) is 0.486. The van der Waals surface area contributed by atoms with Crippen LogP contribution in [0.3, 0.4) is 0 Å². The molecule has 0 aromatic rings. The Hall–Kier alpha value is -0.760. The first-order valence-electron chi connectivity index (χ1n) is 4.09. The fourth-order valence-electron chi connectivity index (χ4n) is 1.30. The van der Waals surface area contributed by atoms with E-state index in [9.17, 15) is 0 Å². The van der Waals surface area contributed by atoms with Gasteiger partial charge in [-0.15, -0.1) is 6.58 Å². The van der Waals surface area contributed by atoms with Crippen LogP contribution in [0.1, 0.15) is 6.42 Å². The normalized spacial score (nSPS) is 25.8. The average Bonchev–Trinajstić information content (AvgIpc) is 2.28. The van der Waals surface area contributed by atoms with Crippen LogP contribution in [0.2, 0.25) is 0 Å². The maximum atomic E-state index is 3.77. The molecule has 1 N–H and O–H groups in total. The molecule has 0 amide bonds. The van der Waals surface area contributed by atoms with Gasteiger partial charge in [-0.2, -0.15) is 0 Å². The zero-order chi connectivity index (χ0) is 8.10. The molecular formula is C9H16N2. The van der Waals surface area contributed by atoms with Gasteiger partial charge in [0.25, 0.3) is 0 Å². The van der Waals surface area contributed by atoms with Crippen LogP contribution in [0, 0.1) is 0 Å². The lowest BCUT2D eigenvalue weighted by atomic mass is 10.2.